The Morgan fingerprint density at radius 2 is 2.00 bits per heavy atom. The third-order valence-electron chi connectivity index (χ3n) is 3.06. The summed E-state index contributed by atoms with van der Waals surface area (Å²) in [5, 5.41) is 8.42. The highest BCUT2D eigenvalue weighted by Crippen LogP contribution is 2.26. The van der Waals surface area contributed by atoms with Gasteiger partial charge in [-0.25, -0.2) is 4.68 Å². The molecule has 0 saturated carbocycles. The number of nitrogens with two attached hydrogens (primary N) is 1. The van der Waals surface area contributed by atoms with E-state index in [2.05, 4.69) is 26.2 Å². The van der Waals surface area contributed by atoms with Crippen molar-refractivity contribution in [2.75, 3.05) is 0 Å². The van der Waals surface area contributed by atoms with Gasteiger partial charge in [0.2, 0.25) is 0 Å². The Morgan fingerprint density at radius 1 is 1.21 bits per heavy atom. The fourth-order valence-electron chi connectivity index (χ4n) is 2.13. The maximum atomic E-state index is 6.04. The maximum Gasteiger partial charge on any atom is 0.113 e. The van der Waals surface area contributed by atoms with E-state index in [1.807, 2.05) is 54.1 Å². The number of para-hydroxylation sites is 1. The zero-order chi connectivity index (χ0) is 13.4. The summed E-state index contributed by atoms with van der Waals surface area (Å²) in [6.07, 6.45) is 0. The molecule has 5 heteroatoms. The summed E-state index contributed by atoms with van der Waals surface area (Å²) < 4.78 is 2.82. The van der Waals surface area contributed by atoms with E-state index in [0.717, 1.165) is 26.8 Å². The van der Waals surface area contributed by atoms with Crippen molar-refractivity contribution in [2.45, 2.75) is 13.0 Å². The molecule has 0 amide bonds. The minimum Gasteiger partial charge on any atom is -0.324 e. The van der Waals surface area contributed by atoms with Crippen molar-refractivity contribution in [3.8, 4) is 5.69 Å². The van der Waals surface area contributed by atoms with Gasteiger partial charge in [0.05, 0.1) is 11.2 Å². The topological polar surface area (TPSA) is 56.7 Å². The van der Waals surface area contributed by atoms with Crippen LogP contribution in [-0.2, 0) is 0 Å². The number of hydrogen-bond donors (Lipinski definition) is 1. The first-order valence-electron chi connectivity index (χ1n) is 6.02. The molecule has 0 aliphatic carbocycles. The number of aromatic nitrogens is 3. The molecule has 3 aromatic rings. The van der Waals surface area contributed by atoms with Crippen LogP contribution in [0, 0.1) is 0 Å². The second-order valence-corrected chi connectivity index (χ2v) is 5.40. The molecule has 1 heterocycles. The van der Waals surface area contributed by atoms with Crippen LogP contribution in [0.3, 0.4) is 0 Å². The highest BCUT2D eigenvalue weighted by molar-refractivity contribution is 9.10. The van der Waals surface area contributed by atoms with E-state index in [4.69, 9.17) is 5.73 Å². The average molecular weight is 317 g/mol. The first-order valence-corrected chi connectivity index (χ1v) is 6.82. The molecule has 0 aliphatic rings. The van der Waals surface area contributed by atoms with Crippen LogP contribution >= 0.6 is 15.9 Å². The van der Waals surface area contributed by atoms with Gasteiger partial charge in [-0.05, 0) is 36.8 Å². The summed E-state index contributed by atoms with van der Waals surface area (Å²) in [5.41, 5.74) is 9.88. The van der Waals surface area contributed by atoms with E-state index in [0.29, 0.717) is 0 Å². The Bertz CT molecular complexity index is 733. The van der Waals surface area contributed by atoms with E-state index < -0.39 is 0 Å². The SMILES string of the molecule is CC(N)c1ccc(Br)cc1-n1nnc2ccccc21. The van der Waals surface area contributed by atoms with Gasteiger partial charge in [-0.1, -0.05) is 39.3 Å². The van der Waals surface area contributed by atoms with Gasteiger partial charge in [0, 0.05) is 10.5 Å². The summed E-state index contributed by atoms with van der Waals surface area (Å²) in [6.45, 7) is 1.96. The molecule has 2 N–H and O–H groups in total. The van der Waals surface area contributed by atoms with Crippen LogP contribution in [-0.4, -0.2) is 15.0 Å². The van der Waals surface area contributed by atoms with E-state index in [1.54, 1.807) is 0 Å². The molecule has 96 valence electrons. The molecule has 2 aromatic carbocycles. The quantitative estimate of drug-likeness (QED) is 0.789. The first kappa shape index (κ1) is 12.3. The predicted octanol–water partition coefficient (Wildman–Crippen LogP) is 3.20. The van der Waals surface area contributed by atoms with Gasteiger partial charge in [0.25, 0.3) is 0 Å². The predicted molar refractivity (Wildman–Crippen MR) is 79.2 cm³/mol. The Morgan fingerprint density at radius 3 is 2.79 bits per heavy atom. The number of halogens is 1. The summed E-state index contributed by atoms with van der Waals surface area (Å²) in [5.74, 6) is 0. The molecule has 0 radical (unpaired) electrons. The zero-order valence-electron chi connectivity index (χ0n) is 10.4. The Hall–Kier alpha value is -1.72. The van der Waals surface area contributed by atoms with Crippen LogP contribution in [0.2, 0.25) is 0 Å². The second kappa shape index (κ2) is 4.75. The van der Waals surface area contributed by atoms with Gasteiger partial charge in [0.1, 0.15) is 5.52 Å². The van der Waals surface area contributed by atoms with Gasteiger partial charge >= 0.3 is 0 Å². The molecule has 0 bridgehead atoms. The lowest BCUT2D eigenvalue weighted by Gasteiger charge is -2.13. The fourth-order valence-corrected chi connectivity index (χ4v) is 2.48. The minimum atomic E-state index is -0.0638. The molecule has 19 heavy (non-hydrogen) atoms. The van der Waals surface area contributed by atoms with Crippen molar-refractivity contribution in [3.63, 3.8) is 0 Å². The molecule has 3 rings (SSSR count). The van der Waals surface area contributed by atoms with Crippen molar-refractivity contribution in [2.24, 2.45) is 5.73 Å². The van der Waals surface area contributed by atoms with E-state index in [9.17, 15) is 0 Å². The first-order chi connectivity index (χ1) is 9.16. The summed E-state index contributed by atoms with van der Waals surface area (Å²) in [6, 6.07) is 13.8. The summed E-state index contributed by atoms with van der Waals surface area (Å²) >= 11 is 3.49. The van der Waals surface area contributed by atoms with Gasteiger partial charge in [0.15, 0.2) is 0 Å². The standard InChI is InChI=1S/C14H13BrN4/c1-9(16)11-7-6-10(15)8-14(11)19-13-5-3-2-4-12(13)17-18-19/h2-9H,16H2,1H3. The smallest absolute Gasteiger partial charge is 0.113 e. The van der Waals surface area contributed by atoms with Crippen molar-refractivity contribution >= 4 is 27.0 Å². The van der Waals surface area contributed by atoms with Crippen molar-refractivity contribution in [1.82, 2.24) is 15.0 Å². The van der Waals surface area contributed by atoms with Gasteiger partial charge in [-0.15, -0.1) is 5.10 Å². The number of nitrogens with zero attached hydrogens (tertiary/aromatic N) is 3. The maximum absolute atomic E-state index is 6.04. The second-order valence-electron chi connectivity index (χ2n) is 4.48. The minimum absolute atomic E-state index is 0.0638. The van der Waals surface area contributed by atoms with Crippen molar-refractivity contribution in [3.05, 3.63) is 52.5 Å². The number of rotatable bonds is 2. The van der Waals surface area contributed by atoms with Crippen LogP contribution in [0.5, 0.6) is 0 Å². The lowest BCUT2D eigenvalue weighted by molar-refractivity contribution is 0.766. The molecule has 1 atom stereocenters. The highest BCUT2D eigenvalue weighted by atomic mass is 79.9. The van der Waals surface area contributed by atoms with Crippen LogP contribution in [0.15, 0.2) is 46.9 Å². The normalized spacial score (nSPS) is 12.8. The van der Waals surface area contributed by atoms with Gasteiger partial charge in [-0.3, -0.25) is 0 Å². The zero-order valence-corrected chi connectivity index (χ0v) is 12.0. The Balaban J connectivity index is 2.29. The molecule has 0 fully saturated rings. The molecule has 4 nitrogen and oxygen atoms in total. The molecular weight excluding hydrogens is 304 g/mol. The van der Waals surface area contributed by atoms with Crippen molar-refractivity contribution < 1.29 is 0 Å². The number of fused-ring (bicyclic) bond motifs is 1. The lowest BCUT2D eigenvalue weighted by atomic mass is 10.1. The Kier molecular flexibility index (Phi) is 3.08. The van der Waals surface area contributed by atoms with E-state index >= 15 is 0 Å². The Labute approximate surface area is 119 Å². The molecule has 1 aromatic heterocycles. The average Bonchev–Trinajstić information content (AvgIpc) is 2.82. The van der Waals surface area contributed by atoms with Crippen molar-refractivity contribution in [1.29, 1.82) is 0 Å². The van der Waals surface area contributed by atoms with E-state index in [-0.39, 0.29) is 6.04 Å². The largest absolute Gasteiger partial charge is 0.324 e. The third kappa shape index (κ3) is 2.15. The van der Waals surface area contributed by atoms with Gasteiger partial charge < -0.3 is 5.73 Å². The summed E-state index contributed by atoms with van der Waals surface area (Å²) in [4.78, 5) is 0. The lowest BCUT2D eigenvalue weighted by Crippen LogP contribution is -2.10. The third-order valence-corrected chi connectivity index (χ3v) is 3.56. The molecule has 0 aliphatic heterocycles. The van der Waals surface area contributed by atoms with Gasteiger partial charge in [-0.2, -0.15) is 0 Å². The highest BCUT2D eigenvalue weighted by Gasteiger charge is 2.13. The molecule has 0 saturated heterocycles. The van der Waals surface area contributed by atoms with Crippen LogP contribution in [0.25, 0.3) is 16.7 Å². The fraction of sp³-hybridized carbons (Fsp3) is 0.143. The molecular formula is C14H13BrN4. The van der Waals surface area contributed by atoms with E-state index in [1.165, 1.54) is 0 Å². The molecule has 0 spiro atoms. The van der Waals surface area contributed by atoms with Crippen LogP contribution < -0.4 is 5.73 Å². The summed E-state index contributed by atoms with van der Waals surface area (Å²) in [7, 11) is 0. The number of benzene rings is 2. The molecule has 1 unspecified atom stereocenters. The van der Waals surface area contributed by atoms with Crippen LogP contribution in [0.1, 0.15) is 18.5 Å². The van der Waals surface area contributed by atoms with Crippen LogP contribution in [0.4, 0.5) is 0 Å². The number of hydrogen-bond acceptors (Lipinski definition) is 3. The monoisotopic (exact) mass is 316 g/mol.